The summed E-state index contributed by atoms with van der Waals surface area (Å²) in [6, 6.07) is 0. The van der Waals surface area contributed by atoms with Crippen molar-refractivity contribution in [2.45, 2.75) is 400 Å². The molecule has 0 radical (unpaired) electrons. The number of carbonyl (C=O) groups is 4. The Bertz CT molecular complexity index is 1770. The van der Waals surface area contributed by atoms with Gasteiger partial charge in [-0.3, -0.25) is 37.3 Å². The molecule has 0 rings (SSSR count). The van der Waals surface area contributed by atoms with Gasteiger partial charge in [0.15, 0.2) is 12.2 Å². The zero-order valence-corrected chi connectivity index (χ0v) is 61.5. The van der Waals surface area contributed by atoms with E-state index in [9.17, 15) is 43.2 Å². The molecule has 0 aromatic rings. The van der Waals surface area contributed by atoms with E-state index in [1.807, 2.05) is 0 Å². The zero-order chi connectivity index (χ0) is 67.7. The molecule has 3 unspecified atom stereocenters. The molecule has 0 bridgehead atoms. The molecule has 0 aromatic carbocycles. The van der Waals surface area contributed by atoms with Crippen molar-refractivity contribution in [1.29, 1.82) is 0 Å². The fourth-order valence-corrected chi connectivity index (χ4v) is 12.7. The average molecular weight is 1350 g/mol. The minimum atomic E-state index is -4.95. The van der Waals surface area contributed by atoms with Gasteiger partial charge in [-0.2, -0.15) is 0 Å². The monoisotopic (exact) mass is 1350 g/mol. The van der Waals surface area contributed by atoms with Gasteiger partial charge in [0.25, 0.3) is 0 Å². The second kappa shape index (κ2) is 66.3. The van der Waals surface area contributed by atoms with Crippen LogP contribution in [0, 0.1) is 5.92 Å². The highest BCUT2D eigenvalue weighted by molar-refractivity contribution is 7.47. The standard InChI is InChI=1S/C73H142O17P2/c1-6-10-13-16-19-22-36-41-46-51-56-70(75)83-62-68(89-72(77)58-53-48-43-38-24-21-18-15-12-8-3)64-87-91(79,80)85-60-67(74)61-86-92(81,82)88-65-69(63-84-71(76)57-52-47-42-37-23-20-17-14-11-7-2)90-73(78)59-54-49-44-39-34-32-30-28-26-25-27-29-31-33-35-40-45-50-55-66(5)9-4/h66-69,74H,6-65H2,1-5H3,(H,79,80)(H,81,82)/t66?,67-,68+,69+/m0/s1. The Morgan fingerprint density at radius 3 is 0.772 bits per heavy atom. The largest absolute Gasteiger partial charge is 0.472 e. The first-order valence-electron chi connectivity index (χ1n) is 38.2. The maximum Gasteiger partial charge on any atom is 0.472 e. The van der Waals surface area contributed by atoms with Gasteiger partial charge < -0.3 is 33.8 Å². The number of phosphoric acid groups is 2. The van der Waals surface area contributed by atoms with Gasteiger partial charge in [0.05, 0.1) is 26.4 Å². The SMILES string of the molecule is CCCCCCCCCCCCC(=O)OC[C@H](COP(=O)(O)OC[C@H](O)COP(=O)(O)OC[C@@H](COC(=O)CCCCCCCCCCCC)OC(=O)CCCCCCCCCCCCCCCCCCCCC(C)CC)OC(=O)CCCCCCCCCCCC. The van der Waals surface area contributed by atoms with Crippen LogP contribution in [0.3, 0.4) is 0 Å². The smallest absolute Gasteiger partial charge is 0.462 e. The fraction of sp³-hybridized carbons (Fsp3) is 0.945. The lowest BCUT2D eigenvalue weighted by Crippen LogP contribution is -2.30. The minimum Gasteiger partial charge on any atom is -0.462 e. The van der Waals surface area contributed by atoms with E-state index in [0.717, 1.165) is 95.8 Å². The van der Waals surface area contributed by atoms with Crippen LogP contribution in [-0.2, 0) is 65.4 Å². The Morgan fingerprint density at radius 2 is 0.522 bits per heavy atom. The third-order valence-corrected chi connectivity index (χ3v) is 19.3. The Morgan fingerprint density at radius 1 is 0.304 bits per heavy atom. The van der Waals surface area contributed by atoms with Crippen molar-refractivity contribution >= 4 is 39.5 Å². The Labute approximate surface area is 562 Å². The van der Waals surface area contributed by atoms with E-state index in [-0.39, 0.29) is 25.7 Å². The van der Waals surface area contributed by atoms with Crippen molar-refractivity contribution < 1.29 is 80.2 Å². The predicted octanol–water partition coefficient (Wildman–Crippen LogP) is 21.3. The molecule has 0 aliphatic heterocycles. The lowest BCUT2D eigenvalue weighted by atomic mass is 9.99. The van der Waals surface area contributed by atoms with Crippen molar-refractivity contribution in [2.24, 2.45) is 5.92 Å². The molecule has 0 aromatic heterocycles. The normalized spacial score (nSPS) is 14.3. The van der Waals surface area contributed by atoms with Crippen molar-refractivity contribution in [3.63, 3.8) is 0 Å². The van der Waals surface area contributed by atoms with Crippen LogP contribution in [0.2, 0.25) is 0 Å². The van der Waals surface area contributed by atoms with Crippen LogP contribution in [0.15, 0.2) is 0 Å². The van der Waals surface area contributed by atoms with Crippen molar-refractivity contribution in [3.8, 4) is 0 Å². The lowest BCUT2D eigenvalue weighted by molar-refractivity contribution is -0.161. The second-order valence-electron chi connectivity index (χ2n) is 26.6. The Hall–Kier alpha value is -1.94. The van der Waals surface area contributed by atoms with Crippen LogP contribution in [0.25, 0.3) is 0 Å². The number of hydrogen-bond acceptors (Lipinski definition) is 15. The molecule has 0 fully saturated rings. The molecule has 0 saturated carbocycles. The maximum absolute atomic E-state index is 13.0. The van der Waals surface area contributed by atoms with Crippen LogP contribution in [0.4, 0.5) is 0 Å². The minimum absolute atomic E-state index is 0.107. The van der Waals surface area contributed by atoms with Gasteiger partial charge in [-0.1, -0.05) is 330 Å². The van der Waals surface area contributed by atoms with Crippen LogP contribution in [0.5, 0.6) is 0 Å². The number of aliphatic hydroxyl groups excluding tert-OH is 1. The highest BCUT2D eigenvalue weighted by Gasteiger charge is 2.30. The zero-order valence-electron chi connectivity index (χ0n) is 59.7. The molecule has 0 spiro atoms. The van der Waals surface area contributed by atoms with E-state index in [2.05, 4.69) is 34.6 Å². The van der Waals surface area contributed by atoms with Gasteiger partial charge in [-0.25, -0.2) is 9.13 Å². The number of rotatable bonds is 73. The van der Waals surface area contributed by atoms with E-state index >= 15 is 0 Å². The first kappa shape index (κ1) is 90.1. The van der Waals surface area contributed by atoms with Gasteiger partial charge in [0.2, 0.25) is 0 Å². The molecule has 19 heteroatoms. The van der Waals surface area contributed by atoms with Gasteiger partial charge in [-0.15, -0.1) is 0 Å². The van der Waals surface area contributed by atoms with Gasteiger partial charge in [0, 0.05) is 25.7 Å². The average Bonchev–Trinajstić information content (AvgIpc) is 1.91. The summed E-state index contributed by atoms with van der Waals surface area (Å²) >= 11 is 0. The number of ether oxygens (including phenoxy) is 4. The fourth-order valence-electron chi connectivity index (χ4n) is 11.1. The molecule has 17 nitrogen and oxygen atoms in total. The van der Waals surface area contributed by atoms with Crippen LogP contribution in [-0.4, -0.2) is 96.7 Å². The summed E-state index contributed by atoms with van der Waals surface area (Å²) in [4.78, 5) is 72.5. The summed E-state index contributed by atoms with van der Waals surface area (Å²) in [7, 11) is -9.90. The molecule has 0 aliphatic rings. The van der Waals surface area contributed by atoms with Crippen LogP contribution < -0.4 is 0 Å². The van der Waals surface area contributed by atoms with E-state index in [0.29, 0.717) is 25.7 Å². The highest BCUT2D eigenvalue weighted by atomic mass is 31.2. The van der Waals surface area contributed by atoms with Crippen molar-refractivity contribution in [3.05, 3.63) is 0 Å². The van der Waals surface area contributed by atoms with E-state index in [1.54, 1.807) is 0 Å². The van der Waals surface area contributed by atoms with E-state index in [4.69, 9.17) is 37.0 Å². The molecular formula is C73H142O17P2. The summed E-state index contributed by atoms with van der Waals surface area (Å²) in [5.41, 5.74) is 0. The van der Waals surface area contributed by atoms with Crippen molar-refractivity contribution in [1.82, 2.24) is 0 Å². The molecular weight excluding hydrogens is 1210 g/mol. The van der Waals surface area contributed by atoms with Crippen LogP contribution in [0.1, 0.15) is 381 Å². The maximum atomic E-state index is 13.0. The number of hydrogen-bond donors (Lipinski definition) is 3. The number of esters is 4. The number of unbranched alkanes of at least 4 members (excludes halogenated alkanes) is 44. The highest BCUT2D eigenvalue weighted by Crippen LogP contribution is 2.45. The molecule has 0 heterocycles. The summed E-state index contributed by atoms with van der Waals surface area (Å²) in [6.07, 6.45) is 54.1. The first-order chi connectivity index (χ1) is 44.6. The molecule has 3 N–H and O–H groups in total. The van der Waals surface area contributed by atoms with Gasteiger partial charge in [-0.05, 0) is 31.6 Å². The quantitative estimate of drug-likeness (QED) is 0.0222. The summed E-state index contributed by atoms with van der Waals surface area (Å²) in [5, 5.41) is 10.6. The third-order valence-electron chi connectivity index (χ3n) is 17.4. The lowest BCUT2D eigenvalue weighted by Gasteiger charge is -2.21. The van der Waals surface area contributed by atoms with Gasteiger partial charge in [0.1, 0.15) is 19.3 Å². The second-order valence-corrected chi connectivity index (χ2v) is 29.5. The summed E-state index contributed by atoms with van der Waals surface area (Å²) < 4.78 is 68.3. The molecule has 546 valence electrons. The number of aliphatic hydroxyl groups is 1. The number of phosphoric ester groups is 2. The summed E-state index contributed by atoms with van der Waals surface area (Å²) in [5.74, 6) is -1.25. The Balaban J connectivity index is 5.13. The predicted molar refractivity (Wildman–Crippen MR) is 372 cm³/mol. The molecule has 92 heavy (non-hydrogen) atoms. The third kappa shape index (κ3) is 65.4. The first-order valence-corrected chi connectivity index (χ1v) is 41.2. The molecule has 6 atom stereocenters. The van der Waals surface area contributed by atoms with E-state index in [1.165, 1.54) is 205 Å². The van der Waals surface area contributed by atoms with Crippen molar-refractivity contribution in [2.75, 3.05) is 39.6 Å². The van der Waals surface area contributed by atoms with Crippen LogP contribution >= 0.6 is 15.6 Å². The summed E-state index contributed by atoms with van der Waals surface area (Å²) in [6.45, 7) is 7.31. The topological polar surface area (TPSA) is 237 Å². The van der Waals surface area contributed by atoms with Gasteiger partial charge >= 0.3 is 39.5 Å². The molecule has 0 saturated heterocycles. The molecule has 0 amide bonds. The van der Waals surface area contributed by atoms with E-state index < -0.39 is 97.5 Å². The Kier molecular flexibility index (Phi) is 64.9. The number of carbonyl (C=O) groups excluding carboxylic acids is 4. The molecule has 0 aliphatic carbocycles.